The van der Waals surface area contributed by atoms with Crippen LogP contribution < -0.4 is 0 Å². The van der Waals surface area contributed by atoms with Gasteiger partial charge in [0.2, 0.25) is 6.29 Å². The molecular formula is C47H76O17. The molecule has 7 fully saturated rings. The van der Waals surface area contributed by atoms with Crippen molar-refractivity contribution in [1.29, 1.82) is 0 Å². The van der Waals surface area contributed by atoms with Crippen LogP contribution in [0.4, 0.5) is 0 Å². The zero-order valence-electron chi connectivity index (χ0n) is 38.7. The van der Waals surface area contributed by atoms with Gasteiger partial charge in [0, 0.05) is 5.92 Å². The molecule has 0 spiro atoms. The molecule has 0 radical (unpaired) electrons. The summed E-state index contributed by atoms with van der Waals surface area (Å²) in [4.78, 5) is 15.4. The number of aliphatic hydroxyl groups is 10. The number of rotatable bonds is 7. The Morgan fingerprint density at radius 1 is 0.719 bits per heavy atom. The maximum absolute atomic E-state index is 15.4. The van der Waals surface area contributed by atoms with Gasteiger partial charge in [-0.15, -0.1) is 0 Å². The fourth-order valence-electron chi connectivity index (χ4n) is 14.7. The molecule has 0 aromatic rings. The van der Waals surface area contributed by atoms with E-state index < -0.39 is 121 Å². The lowest BCUT2D eigenvalue weighted by atomic mass is 9.33. The van der Waals surface area contributed by atoms with Crippen molar-refractivity contribution >= 4 is 5.97 Å². The highest BCUT2D eigenvalue weighted by atomic mass is 16.8. The number of fused-ring (bicyclic) bond motifs is 7. The first-order valence-electron chi connectivity index (χ1n) is 23.7. The van der Waals surface area contributed by atoms with E-state index in [2.05, 4.69) is 40.7 Å². The van der Waals surface area contributed by atoms with Gasteiger partial charge in [-0.25, -0.2) is 0 Å². The molecule has 0 aromatic carbocycles. The van der Waals surface area contributed by atoms with E-state index in [-0.39, 0.29) is 34.9 Å². The van der Waals surface area contributed by atoms with Crippen LogP contribution in [0.1, 0.15) is 113 Å². The zero-order chi connectivity index (χ0) is 46.9. The van der Waals surface area contributed by atoms with Crippen molar-refractivity contribution in [3.05, 3.63) is 11.6 Å². The quantitative estimate of drug-likeness (QED) is 0.125. The molecule has 24 unspecified atom stereocenters. The minimum Gasteiger partial charge on any atom is -0.432 e. The molecule has 0 aromatic heterocycles. The lowest BCUT2D eigenvalue weighted by Crippen LogP contribution is -2.68. The maximum atomic E-state index is 15.4. The van der Waals surface area contributed by atoms with Crippen molar-refractivity contribution in [1.82, 2.24) is 0 Å². The number of aliphatic hydroxyl groups excluding tert-OH is 9. The molecule has 4 saturated carbocycles. The molecule has 64 heavy (non-hydrogen) atoms. The molecular weight excluding hydrogens is 837 g/mol. The van der Waals surface area contributed by atoms with Crippen molar-refractivity contribution in [3.8, 4) is 0 Å². The van der Waals surface area contributed by atoms with E-state index in [0.29, 0.717) is 37.5 Å². The predicted molar refractivity (Wildman–Crippen MR) is 224 cm³/mol. The van der Waals surface area contributed by atoms with Crippen LogP contribution in [0.25, 0.3) is 0 Å². The third kappa shape index (κ3) is 7.31. The first kappa shape index (κ1) is 49.0. The Kier molecular flexibility index (Phi) is 13.0. The van der Waals surface area contributed by atoms with E-state index in [0.717, 1.165) is 37.7 Å². The van der Waals surface area contributed by atoms with Crippen LogP contribution in [0.3, 0.4) is 0 Å². The first-order chi connectivity index (χ1) is 29.8. The summed E-state index contributed by atoms with van der Waals surface area (Å²) < 4.78 is 35.4. The molecule has 3 saturated heterocycles. The number of carbonyl (C=O) groups is 1. The monoisotopic (exact) mass is 913 g/mol. The van der Waals surface area contributed by atoms with E-state index in [4.69, 9.17) is 28.4 Å². The van der Waals surface area contributed by atoms with Crippen LogP contribution in [0.5, 0.6) is 0 Å². The fourth-order valence-corrected chi connectivity index (χ4v) is 14.7. The summed E-state index contributed by atoms with van der Waals surface area (Å²) in [7, 11) is 0. The van der Waals surface area contributed by atoms with Crippen molar-refractivity contribution < 1.29 is 84.3 Å². The number of allylic oxidation sites excluding steroid dienone is 1. The van der Waals surface area contributed by atoms with Gasteiger partial charge in [-0.1, -0.05) is 53.2 Å². The summed E-state index contributed by atoms with van der Waals surface area (Å²) in [5.41, 5.74) is -2.43. The highest BCUT2D eigenvalue weighted by Gasteiger charge is 2.72. The second-order valence-corrected chi connectivity index (χ2v) is 22.7. The standard InChI is InChI=1S/C47H76O17/c1-21-11-16-47(18-17-44(6)23(37(47)46(21,8)58)9-10-27-43(5)14-13-28(49)42(3,4)26(43)12-15-45(27,44)7)41(57)64-40-36(63-39-35(56)32(53)29(50)22(2)61-39)33(54)31(52)25(62-40)20-60-38-34(55)30(51)24(48)19-59-38/h9,21-22,24-40,48-56,58H,10-20H2,1-8H3. The largest absolute Gasteiger partial charge is 0.432 e. The molecule has 10 N–H and O–H groups in total. The zero-order valence-corrected chi connectivity index (χ0v) is 38.7. The van der Waals surface area contributed by atoms with Gasteiger partial charge >= 0.3 is 5.97 Å². The first-order valence-corrected chi connectivity index (χ1v) is 23.7. The minimum atomic E-state index is -1.89. The average Bonchev–Trinajstić information content (AvgIpc) is 3.23. The van der Waals surface area contributed by atoms with Crippen molar-refractivity contribution in [2.45, 2.75) is 211 Å². The Hall–Kier alpha value is -1.39. The number of esters is 1. The van der Waals surface area contributed by atoms with Gasteiger partial charge in [0.15, 0.2) is 18.7 Å². The second kappa shape index (κ2) is 16.9. The van der Waals surface area contributed by atoms with Gasteiger partial charge in [0.25, 0.3) is 0 Å². The SMILES string of the molecule is CC1OC(OC2C(OC(=O)C34CCC(C)C(C)(O)C3C3=CCC5C6(C)CCC(O)C(C)(C)C6CCC5(C)C3(C)CC4)OC(COC3OCC(O)C(O)C3O)C(O)C2O)C(O)C(O)C1O. The van der Waals surface area contributed by atoms with Crippen LogP contribution in [0.15, 0.2) is 11.6 Å². The molecule has 0 amide bonds. The smallest absolute Gasteiger partial charge is 0.315 e. The Labute approximate surface area is 376 Å². The third-order valence-electron chi connectivity index (χ3n) is 19.3. The van der Waals surface area contributed by atoms with Crippen LogP contribution in [0, 0.1) is 50.7 Å². The maximum Gasteiger partial charge on any atom is 0.315 e. The second-order valence-electron chi connectivity index (χ2n) is 22.7. The van der Waals surface area contributed by atoms with Crippen LogP contribution in [-0.4, -0.2) is 168 Å². The van der Waals surface area contributed by atoms with Crippen LogP contribution in [-0.2, 0) is 33.2 Å². The predicted octanol–water partition coefficient (Wildman–Crippen LogP) is 0.778. The molecule has 3 heterocycles. The van der Waals surface area contributed by atoms with Crippen molar-refractivity contribution in [2.24, 2.45) is 50.7 Å². The van der Waals surface area contributed by atoms with Gasteiger partial charge in [0.1, 0.15) is 54.9 Å². The van der Waals surface area contributed by atoms with Gasteiger partial charge in [-0.3, -0.25) is 4.79 Å². The third-order valence-corrected chi connectivity index (χ3v) is 19.3. The lowest BCUT2D eigenvalue weighted by Gasteiger charge is -2.71. The summed E-state index contributed by atoms with van der Waals surface area (Å²) in [5.74, 6) is -0.933. The topological polar surface area (TPSA) is 275 Å². The summed E-state index contributed by atoms with van der Waals surface area (Å²) in [6, 6.07) is 0. The van der Waals surface area contributed by atoms with E-state index in [1.54, 1.807) is 0 Å². The molecule has 5 aliphatic carbocycles. The Morgan fingerprint density at radius 2 is 1.41 bits per heavy atom. The Balaban J connectivity index is 1.12. The molecule has 8 aliphatic rings. The summed E-state index contributed by atoms with van der Waals surface area (Å²) in [6.07, 6.45) is -14.3. The number of carbonyl (C=O) groups excluding carboxylic acids is 1. The number of ether oxygens (including phenoxy) is 6. The van der Waals surface area contributed by atoms with Crippen LogP contribution in [0.2, 0.25) is 0 Å². The van der Waals surface area contributed by atoms with Crippen molar-refractivity contribution in [2.75, 3.05) is 13.2 Å². The fraction of sp³-hybridized carbons (Fsp3) is 0.936. The molecule has 0 bridgehead atoms. The molecule has 3 aliphatic heterocycles. The molecule has 8 rings (SSSR count). The Bertz CT molecular complexity index is 1760. The average molecular weight is 913 g/mol. The number of hydrogen-bond donors (Lipinski definition) is 10. The Morgan fingerprint density at radius 3 is 2.11 bits per heavy atom. The summed E-state index contributed by atoms with van der Waals surface area (Å²) >= 11 is 0. The van der Waals surface area contributed by atoms with Gasteiger partial charge < -0.3 is 79.5 Å². The van der Waals surface area contributed by atoms with E-state index >= 15 is 4.79 Å². The molecule has 366 valence electrons. The highest BCUT2D eigenvalue weighted by molar-refractivity contribution is 5.79. The molecule has 17 heteroatoms. The van der Waals surface area contributed by atoms with Crippen LogP contribution >= 0.6 is 0 Å². The minimum absolute atomic E-state index is 0.0284. The summed E-state index contributed by atoms with van der Waals surface area (Å²) in [6.45, 7) is 15.9. The molecule has 24 atom stereocenters. The van der Waals surface area contributed by atoms with E-state index in [9.17, 15) is 51.1 Å². The normalized spacial score (nSPS) is 56.1. The lowest BCUT2D eigenvalue weighted by molar-refractivity contribution is -0.365. The highest BCUT2D eigenvalue weighted by Crippen LogP contribution is 2.76. The van der Waals surface area contributed by atoms with Gasteiger partial charge in [-0.2, -0.15) is 0 Å². The number of hydrogen-bond acceptors (Lipinski definition) is 17. The van der Waals surface area contributed by atoms with Gasteiger partial charge in [-0.05, 0) is 111 Å². The van der Waals surface area contributed by atoms with E-state index in [1.165, 1.54) is 6.92 Å². The van der Waals surface area contributed by atoms with E-state index in [1.807, 2.05) is 13.8 Å². The summed E-state index contributed by atoms with van der Waals surface area (Å²) in [5, 5.41) is 110. The molecule has 17 nitrogen and oxygen atoms in total. The van der Waals surface area contributed by atoms with Crippen molar-refractivity contribution in [3.63, 3.8) is 0 Å². The van der Waals surface area contributed by atoms with Gasteiger partial charge in [0.05, 0.1) is 36.4 Å².